The average molecular weight is 401 g/mol. The number of hydrogen-bond donors (Lipinski definition) is 1. The zero-order chi connectivity index (χ0) is 20.1. The second-order valence-corrected chi connectivity index (χ2v) is 9.37. The molecule has 0 spiro atoms. The van der Waals surface area contributed by atoms with E-state index in [-0.39, 0.29) is 11.7 Å². The van der Waals surface area contributed by atoms with Gasteiger partial charge in [-0.3, -0.25) is 4.79 Å². The summed E-state index contributed by atoms with van der Waals surface area (Å²) in [5, 5.41) is 2.93. The lowest BCUT2D eigenvalue weighted by Crippen LogP contribution is -2.37. The number of benzene rings is 2. The maximum Gasteiger partial charge on any atom is 0.255 e. The molecule has 1 heterocycles. The Hall–Kier alpha value is -2.18. The molecular weight excluding hydrogens is 372 g/mol. The van der Waals surface area contributed by atoms with Gasteiger partial charge in [0.25, 0.3) is 5.91 Å². The number of sulfonamides is 1. The van der Waals surface area contributed by atoms with Crippen LogP contribution in [0.25, 0.3) is 0 Å². The highest BCUT2D eigenvalue weighted by atomic mass is 32.2. The standard InChI is InChI=1S/C22H28N2O3S/c1-3-5-17-6-8-19(9-7-17)22(25)23-21-11-10-18-12-13-24(16-20(18)15-21)28(26,27)14-4-2/h6-11,15H,3-5,12-14,16H2,1-2H3,(H,23,25). The fourth-order valence-corrected chi connectivity index (χ4v) is 5.03. The van der Waals surface area contributed by atoms with Crippen LogP contribution >= 0.6 is 0 Å². The van der Waals surface area contributed by atoms with Crippen molar-refractivity contribution in [2.45, 2.75) is 46.1 Å². The van der Waals surface area contributed by atoms with Crippen LogP contribution in [-0.4, -0.2) is 30.9 Å². The zero-order valence-corrected chi connectivity index (χ0v) is 17.4. The minimum Gasteiger partial charge on any atom is -0.322 e. The Morgan fingerprint density at radius 1 is 1.04 bits per heavy atom. The van der Waals surface area contributed by atoms with E-state index in [2.05, 4.69) is 12.2 Å². The molecule has 150 valence electrons. The Bertz CT molecular complexity index is 937. The zero-order valence-electron chi connectivity index (χ0n) is 16.6. The maximum atomic E-state index is 12.5. The van der Waals surface area contributed by atoms with Gasteiger partial charge in [0.1, 0.15) is 0 Å². The molecule has 2 aromatic carbocycles. The molecule has 0 bridgehead atoms. The van der Waals surface area contributed by atoms with Gasteiger partial charge >= 0.3 is 0 Å². The van der Waals surface area contributed by atoms with Gasteiger partial charge in [-0.25, -0.2) is 8.42 Å². The molecule has 0 radical (unpaired) electrons. The van der Waals surface area contributed by atoms with Crippen molar-refractivity contribution in [3.63, 3.8) is 0 Å². The molecular formula is C22H28N2O3S. The minimum absolute atomic E-state index is 0.158. The molecule has 1 aliphatic heterocycles. The third-order valence-electron chi connectivity index (χ3n) is 5.05. The number of anilines is 1. The van der Waals surface area contributed by atoms with Gasteiger partial charge in [0.05, 0.1) is 5.75 Å². The van der Waals surface area contributed by atoms with Gasteiger partial charge in [-0.15, -0.1) is 0 Å². The molecule has 0 unspecified atom stereocenters. The Kier molecular flexibility index (Phi) is 6.52. The summed E-state index contributed by atoms with van der Waals surface area (Å²) in [6.45, 7) is 4.89. The highest BCUT2D eigenvalue weighted by molar-refractivity contribution is 7.89. The summed E-state index contributed by atoms with van der Waals surface area (Å²) >= 11 is 0. The topological polar surface area (TPSA) is 66.5 Å². The van der Waals surface area contributed by atoms with Gasteiger partial charge in [0, 0.05) is 24.3 Å². The highest BCUT2D eigenvalue weighted by Crippen LogP contribution is 2.25. The lowest BCUT2D eigenvalue weighted by atomic mass is 10.0. The molecule has 0 atom stereocenters. The number of carbonyl (C=O) groups excluding carboxylic acids is 1. The number of rotatable bonds is 7. The van der Waals surface area contributed by atoms with E-state index in [0.29, 0.717) is 37.2 Å². The summed E-state index contributed by atoms with van der Waals surface area (Å²) in [5.74, 6) is 0.0153. The van der Waals surface area contributed by atoms with Crippen LogP contribution in [0.2, 0.25) is 0 Å². The van der Waals surface area contributed by atoms with E-state index < -0.39 is 10.0 Å². The molecule has 2 aromatic rings. The van der Waals surface area contributed by atoms with Crippen LogP contribution in [0.15, 0.2) is 42.5 Å². The van der Waals surface area contributed by atoms with Crippen LogP contribution in [0.4, 0.5) is 5.69 Å². The van der Waals surface area contributed by atoms with Crippen LogP contribution < -0.4 is 5.32 Å². The predicted octanol–water partition coefficient (Wildman–Crippen LogP) is 3.99. The normalized spacial score (nSPS) is 14.5. The van der Waals surface area contributed by atoms with E-state index in [0.717, 1.165) is 24.0 Å². The van der Waals surface area contributed by atoms with Crippen molar-refractivity contribution in [3.05, 3.63) is 64.7 Å². The van der Waals surface area contributed by atoms with Gasteiger partial charge in [-0.2, -0.15) is 4.31 Å². The average Bonchev–Trinajstić information content (AvgIpc) is 2.68. The van der Waals surface area contributed by atoms with Gasteiger partial charge < -0.3 is 5.32 Å². The quantitative estimate of drug-likeness (QED) is 0.764. The number of carbonyl (C=O) groups is 1. The molecule has 28 heavy (non-hydrogen) atoms. The minimum atomic E-state index is -3.22. The summed E-state index contributed by atoms with van der Waals surface area (Å²) in [5.41, 5.74) is 4.63. The van der Waals surface area contributed by atoms with Gasteiger partial charge in [0.2, 0.25) is 10.0 Å². The number of hydrogen-bond acceptors (Lipinski definition) is 3. The van der Waals surface area contributed by atoms with E-state index in [1.807, 2.05) is 49.4 Å². The number of fused-ring (bicyclic) bond motifs is 1. The highest BCUT2D eigenvalue weighted by Gasteiger charge is 2.26. The lowest BCUT2D eigenvalue weighted by molar-refractivity contribution is 0.102. The summed E-state index contributed by atoms with van der Waals surface area (Å²) < 4.78 is 26.3. The first kappa shape index (κ1) is 20.6. The molecule has 0 saturated carbocycles. The van der Waals surface area contributed by atoms with Crippen molar-refractivity contribution >= 4 is 21.6 Å². The van der Waals surface area contributed by atoms with E-state index in [1.165, 1.54) is 5.56 Å². The molecule has 6 heteroatoms. The van der Waals surface area contributed by atoms with Gasteiger partial charge in [-0.05, 0) is 60.2 Å². The van der Waals surface area contributed by atoms with Crippen molar-refractivity contribution in [3.8, 4) is 0 Å². The van der Waals surface area contributed by atoms with Crippen LogP contribution in [0.3, 0.4) is 0 Å². The summed E-state index contributed by atoms with van der Waals surface area (Å²) in [6, 6.07) is 13.4. The SMILES string of the molecule is CCCc1ccc(C(=O)Nc2ccc3c(c2)CN(S(=O)(=O)CCC)CC3)cc1. The lowest BCUT2D eigenvalue weighted by Gasteiger charge is -2.28. The maximum absolute atomic E-state index is 12.5. The molecule has 0 aromatic heterocycles. The molecule has 3 rings (SSSR count). The largest absolute Gasteiger partial charge is 0.322 e. The first-order valence-electron chi connectivity index (χ1n) is 9.93. The van der Waals surface area contributed by atoms with E-state index in [4.69, 9.17) is 0 Å². The molecule has 0 aliphatic carbocycles. The molecule has 1 amide bonds. The van der Waals surface area contributed by atoms with E-state index in [9.17, 15) is 13.2 Å². The van der Waals surface area contributed by atoms with Crippen LogP contribution in [-0.2, 0) is 29.4 Å². The van der Waals surface area contributed by atoms with Gasteiger partial charge in [0.15, 0.2) is 0 Å². The summed E-state index contributed by atoms with van der Waals surface area (Å²) in [7, 11) is -3.22. The van der Waals surface area contributed by atoms with Gasteiger partial charge in [-0.1, -0.05) is 38.5 Å². The third-order valence-corrected chi connectivity index (χ3v) is 7.07. The second kappa shape index (κ2) is 8.88. The number of nitrogens with one attached hydrogen (secondary N) is 1. The van der Waals surface area contributed by atoms with Crippen molar-refractivity contribution in [2.75, 3.05) is 17.6 Å². The second-order valence-electron chi connectivity index (χ2n) is 7.28. The Morgan fingerprint density at radius 2 is 1.79 bits per heavy atom. The summed E-state index contributed by atoms with van der Waals surface area (Å²) in [4.78, 5) is 12.5. The number of amides is 1. The predicted molar refractivity (Wildman–Crippen MR) is 113 cm³/mol. The molecule has 0 saturated heterocycles. The van der Waals surface area contributed by atoms with Crippen LogP contribution in [0, 0.1) is 0 Å². The third kappa shape index (κ3) is 4.80. The Balaban J connectivity index is 1.72. The van der Waals surface area contributed by atoms with Crippen molar-refractivity contribution < 1.29 is 13.2 Å². The Morgan fingerprint density at radius 3 is 2.46 bits per heavy atom. The molecule has 1 N–H and O–H groups in total. The first-order chi connectivity index (χ1) is 13.4. The first-order valence-corrected chi connectivity index (χ1v) is 11.5. The van der Waals surface area contributed by atoms with E-state index >= 15 is 0 Å². The van der Waals surface area contributed by atoms with Crippen LogP contribution in [0.5, 0.6) is 0 Å². The summed E-state index contributed by atoms with van der Waals surface area (Å²) in [6.07, 6.45) is 3.39. The number of aryl methyl sites for hydroxylation is 1. The van der Waals surface area contributed by atoms with Crippen molar-refractivity contribution in [1.82, 2.24) is 4.31 Å². The monoisotopic (exact) mass is 400 g/mol. The fourth-order valence-electron chi connectivity index (χ4n) is 3.55. The Labute approximate surface area is 167 Å². The molecule has 0 fully saturated rings. The fraction of sp³-hybridized carbons (Fsp3) is 0.409. The smallest absolute Gasteiger partial charge is 0.255 e. The number of nitrogens with zero attached hydrogens (tertiary/aromatic N) is 1. The van der Waals surface area contributed by atoms with Crippen molar-refractivity contribution in [2.24, 2.45) is 0 Å². The molecule has 1 aliphatic rings. The van der Waals surface area contributed by atoms with E-state index in [1.54, 1.807) is 4.31 Å². The molecule has 5 nitrogen and oxygen atoms in total. The van der Waals surface area contributed by atoms with Crippen molar-refractivity contribution in [1.29, 1.82) is 0 Å². The van der Waals surface area contributed by atoms with Crippen LogP contribution in [0.1, 0.15) is 53.7 Å².